The second kappa shape index (κ2) is 5.73. The Morgan fingerprint density at radius 3 is 2.26 bits per heavy atom. The lowest BCUT2D eigenvalue weighted by atomic mass is 9.50. The lowest BCUT2D eigenvalue weighted by Gasteiger charge is -2.55. The number of rotatable bonds is 1. The number of aliphatic hydroxyl groups excluding tert-OH is 1. The fourth-order valence-corrected chi connectivity index (χ4v) is 7.49. The molecule has 0 heterocycles. The van der Waals surface area contributed by atoms with Crippen molar-refractivity contribution in [2.45, 2.75) is 83.7 Å². The monoisotopic (exact) mass is 320 g/mol. The van der Waals surface area contributed by atoms with Crippen LogP contribution in [0.2, 0.25) is 0 Å². The topological polar surface area (TPSA) is 40.5 Å². The third-order valence-electron chi connectivity index (χ3n) is 9.19. The molecule has 0 aromatic rings. The molecule has 0 aromatic carbocycles. The maximum Gasteiger partial charge on any atom is 0.0675 e. The van der Waals surface area contributed by atoms with Gasteiger partial charge in [0.05, 0.1) is 5.60 Å². The van der Waals surface area contributed by atoms with Gasteiger partial charge in [0.25, 0.3) is 0 Å². The SMILES string of the molecule is CC1(O)CCC2C3CCC4CCC(CO)CCC4C3CCC21C. The van der Waals surface area contributed by atoms with Crippen LogP contribution in [0.3, 0.4) is 0 Å². The van der Waals surface area contributed by atoms with Gasteiger partial charge in [-0.25, -0.2) is 0 Å². The minimum Gasteiger partial charge on any atom is -0.396 e. The van der Waals surface area contributed by atoms with Gasteiger partial charge in [-0.3, -0.25) is 0 Å². The Kier molecular flexibility index (Phi) is 4.08. The Morgan fingerprint density at radius 1 is 0.783 bits per heavy atom. The minimum atomic E-state index is -0.440. The van der Waals surface area contributed by atoms with E-state index in [0.717, 1.165) is 36.0 Å². The molecule has 4 saturated carbocycles. The molecule has 0 aromatic heterocycles. The van der Waals surface area contributed by atoms with Crippen LogP contribution in [0.5, 0.6) is 0 Å². The second-order valence-corrected chi connectivity index (χ2v) is 9.91. The summed E-state index contributed by atoms with van der Waals surface area (Å²) in [6.07, 6.45) is 12.9. The van der Waals surface area contributed by atoms with Crippen molar-refractivity contribution >= 4 is 0 Å². The first-order valence-electron chi connectivity index (χ1n) is 10.3. The van der Waals surface area contributed by atoms with Gasteiger partial charge in [0.1, 0.15) is 0 Å². The van der Waals surface area contributed by atoms with Gasteiger partial charge >= 0.3 is 0 Å². The van der Waals surface area contributed by atoms with Crippen molar-refractivity contribution in [2.75, 3.05) is 6.61 Å². The van der Waals surface area contributed by atoms with E-state index in [9.17, 15) is 10.2 Å². The van der Waals surface area contributed by atoms with Crippen molar-refractivity contribution in [3.8, 4) is 0 Å². The summed E-state index contributed by atoms with van der Waals surface area (Å²) >= 11 is 0. The second-order valence-electron chi connectivity index (χ2n) is 9.91. The van der Waals surface area contributed by atoms with E-state index in [1.54, 1.807) is 0 Å². The highest BCUT2D eigenvalue weighted by Gasteiger charge is 2.60. The molecule has 0 bridgehead atoms. The van der Waals surface area contributed by atoms with Gasteiger partial charge in [0.15, 0.2) is 0 Å². The maximum atomic E-state index is 11.0. The molecular weight excluding hydrogens is 284 g/mol. The summed E-state index contributed by atoms with van der Waals surface area (Å²) in [5.74, 6) is 4.96. The summed E-state index contributed by atoms with van der Waals surface area (Å²) in [6.45, 7) is 4.90. The molecule has 0 saturated heterocycles. The average molecular weight is 321 g/mol. The highest BCUT2D eigenvalue weighted by atomic mass is 16.3. The summed E-state index contributed by atoms with van der Waals surface area (Å²) in [7, 11) is 0. The molecule has 0 amide bonds. The molecule has 8 unspecified atom stereocenters. The Balaban J connectivity index is 1.55. The molecule has 8 atom stereocenters. The first-order valence-corrected chi connectivity index (χ1v) is 10.3. The van der Waals surface area contributed by atoms with E-state index < -0.39 is 5.60 Å². The maximum absolute atomic E-state index is 11.0. The molecular formula is C21H36O2. The van der Waals surface area contributed by atoms with E-state index in [1.165, 1.54) is 57.8 Å². The molecule has 2 nitrogen and oxygen atoms in total. The van der Waals surface area contributed by atoms with Gasteiger partial charge in [0, 0.05) is 6.61 Å². The van der Waals surface area contributed by atoms with Crippen molar-refractivity contribution < 1.29 is 10.2 Å². The molecule has 4 aliphatic rings. The molecule has 2 heteroatoms. The van der Waals surface area contributed by atoms with E-state index in [1.807, 2.05) is 0 Å². The molecule has 0 radical (unpaired) electrons. The van der Waals surface area contributed by atoms with E-state index in [4.69, 9.17) is 0 Å². The van der Waals surface area contributed by atoms with E-state index in [-0.39, 0.29) is 5.41 Å². The number of aliphatic hydroxyl groups is 2. The lowest BCUT2D eigenvalue weighted by molar-refractivity contribution is -0.118. The summed E-state index contributed by atoms with van der Waals surface area (Å²) in [6, 6.07) is 0. The van der Waals surface area contributed by atoms with Gasteiger partial charge in [0.2, 0.25) is 0 Å². The molecule has 0 spiro atoms. The highest BCUT2D eigenvalue weighted by molar-refractivity contribution is 5.10. The molecule has 4 fully saturated rings. The van der Waals surface area contributed by atoms with Crippen molar-refractivity contribution in [1.29, 1.82) is 0 Å². The smallest absolute Gasteiger partial charge is 0.0675 e. The van der Waals surface area contributed by atoms with Crippen LogP contribution in [-0.2, 0) is 0 Å². The lowest BCUT2D eigenvalue weighted by Crippen LogP contribution is -2.51. The van der Waals surface area contributed by atoms with Gasteiger partial charge in [-0.2, -0.15) is 0 Å². The van der Waals surface area contributed by atoms with Crippen LogP contribution in [0.4, 0.5) is 0 Å². The zero-order valence-corrected chi connectivity index (χ0v) is 15.1. The zero-order valence-electron chi connectivity index (χ0n) is 15.1. The molecule has 23 heavy (non-hydrogen) atoms. The van der Waals surface area contributed by atoms with Crippen LogP contribution >= 0.6 is 0 Å². The molecule has 2 N–H and O–H groups in total. The van der Waals surface area contributed by atoms with Crippen LogP contribution in [0.25, 0.3) is 0 Å². The Hall–Kier alpha value is -0.0800. The summed E-state index contributed by atoms with van der Waals surface area (Å²) in [5.41, 5.74) is -0.274. The van der Waals surface area contributed by atoms with Gasteiger partial charge < -0.3 is 10.2 Å². The predicted molar refractivity (Wildman–Crippen MR) is 92.9 cm³/mol. The third-order valence-corrected chi connectivity index (χ3v) is 9.19. The van der Waals surface area contributed by atoms with Crippen LogP contribution in [0, 0.1) is 40.9 Å². The molecule has 0 aliphatic heterocycles. The van der Waals surface area contributed by atoms with Gasteiger partial charge in [-0.05, 0) is 112 Å². The van der Waals surface area contributed by atoms with Crippen molar-refractivity contribution in [2.24, 2.45) is 40.9 Å². The summed E-state index contributed by atoms with van der Waals surface area (Å²) < 4.78 is 0. The number of fused-ring (bicyclic) bond motifs is 5. The quantitative estimate of drug-likeness (QED) is 0.752. The van der Waals surface area contributed by atoms with E-state index in [2.05, 4.69) is 13.8 Å². The Bertz CT molecular complexity index is 445. The van der Waals surface area contributed by atoms with Crippen molar-refractivity contribution in [3.63, 3.8) is 0 Å². The first kappa shape index (κ1) is 16.4. The standard InChI is InChI=1S/C21H36O2/c1-20-11-9-17-16-7-4-14(13-22)3-5-15(16)6-8-18(17)19(20)10-12-21(20,2)23/h14-19,22-23H,3-13H2,1-2H3. The van der Waals surface area contributed by atoms with Gasteiger partial charge in [-0.1, -0.05) is 6.92 Å². The Labute approximate surface area is 142 Å². The van der Waals surface area contributed by atoms with E-state index >= 15 is 0 Å². The van der Waals surface area contributed by atoms with Gasteiger partial charge in [-0.15, -0.1) is 0 Å². The summed E-state index contributed by atoms with van der Waals surface area (Å²) in [4.78, 5) is 0. The molecule has 132 valence electrons. The average Bonchev–Trinajstić information content (AvgIpc) is 2.69. The third kappa shape index (κ3) is 2.42. The van der Waals surface area contributed by atoms with Crippen molar-refractivity contribution in [3.05, 3.63) is 0 Å². The number of hydrogen-bond donors (Lipinski definition) is 2. The predicted octanol–water partition coefficient (Wildman–Crippen LogP) is 4.39. The fraction of sp³-hybridized carbons (Fsp3) is 1.00. The van der Waals surface area contributed by atoms with Crippen LogP contribution in [0.15, 0.2) is 0 Å². The van der Waals surface area contributed by atoms with Crippen LogP contribution in [-0.4, -0.2) is 22.4 Å². The molecule has 4 aliphatic carbocycles. The number of hydrogen-bond acceptors (Lipinski definition) is 2. The van der Waals surface area contributed by atoms with Crippen molar-refractivity contribution in [1.82, 2.24) is 0 Å². The fourth-order valence-electron chi connectivity index (χ4n) is 7.49. The zero-order chi connectivity index (χ0) is 16.2. The van der Waals surface area contributed by atoms with Crippen LogP contribution < -0.4 is 0 Å². The first-order chi connectivity index (χ1) is 11.0. The van der Waals surface area contributed by atoms with E-state index in [0.29, 0.717) is 12.5 Å². The largest absolute Gasteiger partial charge is 0.396 e. The minimum absolute atomic E-state index is 0.166. The normalized spacial score (nSPS) is 56.3. The Morgan fingerprint density at radius 2 is 1.48 bits per heavy atom. The summed E-state index contributed by atoms with van der Waals surface area (Å²) in [5, 5.41) is 20.5. The van der Waals surface area contributed by atoms with Crippen LogP contribution in [0.1, 0.15) is 78.1 Å². The molecule has 4 rings (SSSR count). The highest BCUT2D eigenvalue weighted by Crippen LogP contribution is 2.65.